The van der Waals surface area contributed by atoms with Crippen LogP contribution in [0.25, 0.3) is 0 Å². The van der Waals surface area contributed by atoms with Crippen LogP contribution in [-0.4, -0.2) is 25.3 Å². The van der Waals surface area contributed by atoms with Gasteiger partial charge in [0.1, 0.15) is 0 Å². The van der Waals surface area contributed by atoms with Crippen molar-refractivity contribution in [3.05, 3.63) is 0 Å². The zero-order chi connectivity index (χ0) is 11.1. The molecule has 1 aliphatic carbocycles. The quantitative estimate of drug-likeness (QED) is 0.758. The van der Waals surface area contributed by atoms with Crippen LogP contribution < -0.4 is 5.32 Å². The molecule has 0 aromatic carbocycles. The van der Waals surface area contributed by atoms with Crippen molar-refractivity contribution in [3.63, 3.8) is 0 Å². The zero-order valence-electron chi connectivity index (χ0n) is 10.6. The van der Waals surface area contributed by atoms with Gasteiger partial charge in [-0.2, -0.15) is 0 Å². The van der Waals surface area contributed by atoms with E-state index in [2.05, 4.69) is 33.0 Å². The fraction of sp³-hybridized carbons (Fsp3) is 1.00. The third-order valence-electron chi connectivity index (χ3n) is 4.88. The van der Waals surface area contributed by atoms with E-state index in [9.17, 15) is 0 Å². The topological polar surface area (TPSA) is 21.3 Å². The van der Waals surface area contributed by atoms with Crippen LogP contribution in [0.2, 0.25) is 0 Å². The number of nitrogens with one attached hydrogen (secondary N) is 1. The lowest BCUT2D eigenvalue weighted by Gasteiger charge is -2.17. The van der Waals surface area contributed by atoms with Crippen LogP contribution in [0.3, 0.4) is 0 Å². The van der Waals surface area contributed by atoms with Crippen molar-refractivity contribution < 1.29 is 4.74 Å². The molecule has 2 heteroatoms. The molecular weight excluding hydrogens is 186 g/mol. The summed E-state index contributed by atoms with van der Waals surface area (Å²) in [4.78, 5) is 0. The fourth-order valence-electron chi connectivity index (χ4n) is 2.92. The third-order valence-corrected chi connectivity index (χ3v) is 4.88. The molecule has 1 saturated carbocycles. The molecule has 2 rings (SSSR count). The molecular formula is C13H25NO. The van der Waals surface area contributed by atoms with E-state index >= 15 is 0 Å². The average Bonchev–Trinajstić information content (AvgIpc) is 2.68. The highest BCUT2D eigenvalue weighted by Gasteiger charge is 2.64. The molecule has 1 saturated heterocycles. The molecule has 88 valence electrons. The van der Waals surface area contributed by atoms with Gasteiger partial charge in [-0.1, -0.05) is 27.7 Å². The molecule has 2 nitrogen and oxygen atoms in total. The number of ether oxygens (including phenoxy) is 1. The predicted octanol–water partition coefficient (Wildman–Crippen LogP) is 2.58. The average molecular weight is 211 g/mol. The molecule has 0 amide bonds. The van der Waals surface area contributed by atoms with Gasteiger partial charge < -0.3 is 10.1 Å². The Morgan fingerprint density at radius 1 is 1.00 bits per heavy atom. The first-order chi connectivity index (χ1) is 6.96. The van der Waals surface area contributed by atoms with Gasteiger partial charge in [0.05, 0.1) is 0 Å². The van der Waals surface area contributed by atoms with Crippen LogP contribution in [0.1, 0.15) is 47.0 Å². The molecule has 1 atom stereocenters. The van der Waals surface area contributed by atoms with E-state index in [-0.39, 0.29) is 0 Å². The summed E-state index contributed by atoms with van der Waals surface area (Å²) in [6.45, 7) is 11.4. The second-order valence-corrected chi connectivity index (χ2v) is 6.28. The maximum atomic E-state index is 5.49. The lowest BCUT2D eigenvalue weighted by Crippen LogP contribution is -2.34. The summed E-state index contributed by atoms with van der Waals surface area (Å²) in [7, 11) is 0. The van der Waals surface area contributed by atoms with Crippen molar-refractivity contribution in [1.29, 1.82) is 0 Å². The van der Waals surface area contributed by atoms with E-state index in [1.165, 1.54) is 19.3 Å². The normalized spacial score (nSPS) is 34.8. The number of rotatable bonds is 2. The van der Waals surface area contributed by atoms with E-state index in [4.69, 9.17) is 4.74 Å². The molecule has 2 aliphatic rings. The van der Waals surface area contributed by atoms with Crippen LogP contribution in [0.4, 0.5) is 0 Å². The second-order valence-electron chi connectivity index (χ2n) is 6.28. The molecule has 0 aromatic rings. The Labute approximate surface area is 93.8 Å². The van der Waals surface area contributed by atoms with Gasteiger partial charge in [0, 0.05) is 25.3 Å². The minimum Gasteiger partial charge on any atom is -0.381 e. The SMILES string of the molecule is CC1(C)C(NC2CCCOCC2)C1(C)C. The van der Waals surface area contributed by atoms with E-state index < -0.39 is 0 Å². The summed E-state index contributed by atoms with van der Waals surface area (Å²) in [5, 5.41) is 3.83. The summed E-state index contributed by atoms with van der Waals surface area (Å²) in [5.41, 5.74) is 0.917. The van der Waals surface area contributed by atoms with Gasteiger partial charge in [0.2, 0.25) is 0 Å². The molecule has 1 heterocycles. The fourth-order valence-corrected chi connectivity index (χ4v) is 2.92. The minimum atomic E-state index is 0.458. The van der Waals surface area contributed by atoms with Crippen molar-refractivity contribution in [2.75, 3.05) is 13.2 Å². The van der Waals surface area contributed by atoms with Gasteiger partial charge in [-0.05, 0) is 30.1 Å². The van der Waals surface area contributed by atoms with Gasteiger partial charge in [0.15, 0.2) is 0 Å². The van der Waals surface area contributed by atoms with Crippen LogP contribution in [-0.2, 0) is 4.74 Å². The highest BCUT2D eigenvalue weighted by atomic mass is 16.5. The first kappa shape index (κ1) is 11.4. The molecule has 0 bridgehead atoms. The first-order valence-corrected chi connectivity index (χ1v) is 6.30. The summed E-state index contributed by atoms with van der Waals surface area (Å²) in [5.74, 6) is 0. The highest BCUT2D eigenvalue weighted by molar-refractivity contribution is 5.18. The Bertz CT molecular complexity index is 213. The lowest BCUT2D eigenvalue weighted by atomic mass is 10.0. The molecule has 2 fully saturated rings. The standard InChI is InChI=1S/C13H25NO/c1-12(2)11(13(12,3)4)14-10-6-5-8-15-9-7-10/h10-11,14H,5-9H2,1-4H3. The molecule has 0 spiro atoms. The van der Waals surface area contributed by atoms with Crippen molar-refractivity contribution >= 4 is 0 Å². The van der Waals surface area contributed by atoms with Gasteiger partial charge in [-0.25, -0.2) is 0 Å². The number of hydrogen-bond donors (Lipinski definition) is 1. The van der Waals surface area contributed by atoms with E-state index in [1.54, 1.807) is 0 Å². The van der Waals surface area contributed by atoms with Gasteiger partial charge in [0.25, 0.3) is 0 Å². The van der Waals surface area contributed by atoms with Gasteiger partial charge >= 0.3 is 0 Å². The minimum absolute atomic E-state index is 0.458. The smallest absolute Gasteiger partial charge is 0.0480 e. The molecule has 1 aliphatic heterocycles. The highest BCUT2D eigenvalue weighted by Crippen LogP contribution is 2.62. The van der Waals surface area contributed by atoms with E-state index in [1.807, 2.05) is 0 Å². The van der Waals surface area contributed by atoms with Gasteiger partial charge in [-0.3, -0.25) is 0 Å². The van der Waals surface area contributed by atoms with Crippen molar-refractivity contribution in [1.82, 2.24) is 5.32 Å². The van der Waals surface area contributed by atoms with Crippen LogP contribution in [0.15, 0.2) is 0 Å². The largest absolute Gasteiger partial charge is 0.381 e. The summed E-state index contributed by atoms with van der Waals surface area (Å²) >= 11 is 0. The summed E-state index contributed by atoms with van der Waals surface area (Å²) in [6.07, 6.45) is 3.68. The Morgan fingerprint density at radius 3 is 2.27 bits per heavy atom. The van der Waals surface area contributed by atoms with Crippen molar-refractivity contribution in [2.45, 2.75) is 59.0 Å². The number of hydrogen-bond acceptors (Lipinski definition) is 2. The summed E-state index contributed by atoms with van der Waals surface area (Å²) < 4.78 is 5.49. The van der Waals surface area contributed by atoms with Crippen LogP contribution in [0.5, 0.6) is 0 Å². The Kier molecular flexibility index (Phi) is 2.85. The third kappa shape index (κ3) is 1.94. The van der Waals surface area contributed by atoms with Crippen LogP contribution in [0, 0.1) is 10.8 Å². The predicted molar refractivity (Wildman–Crippen MR) is 62.9 cm³/mol. The van der Waals surface area contributed by atoms with Crippen LogP contribution >= 0.6 is 0 Å². The summed E-state index contributed by atoms with van der Waals surface area (Å²) in [6, 6.07) is 1.37. The zero-order valence-corrected chi connectivity index (χ0v) is 10.6. The molecule has 0 radical (unpaired) electrons. The Balaban J connectivity index is 1.87. The monoisotopic (exact) mass is 211 g/mol. The second kappa shape index (κ2) is 3.74. The first-order valence-electron chi connectivity index (χ1n) is 6.30. The Morgan fingerprint density at radius 2 is 1.67 bits per heavy atom. The molecule has 15 heavy (non-hydrogen) atoms. The maximum Gasteiger partial charge on any atom is 0.0480 e. The molecule has 1 N–H and O–H groups in total. The molecule has 0 aromatic heterocycles. The maximum absolute atomic E-state index is 5.49. The van der Waals surface area contributed by atoms with Crippen molar-refractivity contribution in [2.24, 2.45) is 10.8 Å². The lowest BCUT2D eigenvalue weighted by molar-refractivity contribution is 0.142. The van der Waals surface area contributed by atoms with E-state index in [0.29, 0.717) is 22.9 Å². The van der Waals surface area contributed by atoms with Crippen molar-refractivity contribution in [3.8, 4) is 0 Å². The Hall–Kier alpha value is -0.0800. The van der Waals surface area contributed by atoms with E-state index in [0.717, 1.165) is 13.2 Å². The van der Waals surface area contributed by atoms with Gasteiger partial charge in [-0.15, -0.1) is 0 Å². The molecule has 1 unspecified atom stereocenters.